The molecule has 0 aromatic rings. The molecule has 3 heteroatoms. The third kappa shape index (κ3) is 4.30. The molecule has 1 aliphatic rings. The van der Waals surface area contributed by atoms with Crippen LogP contribution in [0, 0.1) is 0 Å². The van der Waals surface area contributed by atoms with E-state index in [4.69, 9.17) is 0 Å². The van der Waals surface area contributed by atoms with Crippen LogP contribution in [-0.2, 0) is 0 Å². The minimum Gasteiger partial charge on any atom is -0.235 e. The topological polar surface area (TPSA) is 0 Å². The second-order valence-electron chi connectivity index (χ2n) is 5.29. The van der Waals surface area contributed by atoms with Gasteiger partial charge in [0.1, 0.15) is 13.2 Å². The molecule has 1 aliphatic carbocycles. The van der Waals surface area contributed by atoms with Crippen LogP contribution in [-0.4, -0.2) is 31.4 Å². The Hall–Kier alpha value is 0.220. The molecule has 0 aromatic carbocycles. The zero-order valence-electron chi connectivity index (χ0n) is 9.76. The number of hydrogen-bond acceptors (Lipinski definition) is 0. The van der Waals surface area contributed by atoms with E-state index in [2.05, 4.69) is 38.4 Å². The van der Waals surface area contributed by atoms with Crippen molar-refractivity contribution in [2.45, 2.75) is 33.3 Å². The molecular formula is C10H22B2S. The van der Waals surface area contributed by atoms with Gasteiger partial charge in [-0.25, -0.2) is 10.0 Å². The summed E-state index contributed by atoms with van der Waals surface area (Å²) in [5, 5.41) is 2.59. The number of hydrogen-bond donors (Lipinski definition) is 0. The molecule has 0 radical (unpaired) electrons. The molecule has 1 rings (SSSR count). The van der Waals surface area contributed by atoms with Gasteiger partial charge in [0.15, 0.2) is 0 Å². The van der Waals surface area contributed by atoms with Crippen LogP contribution in [0.4, 0.5) is 0 Å². The predicted octanol–water partition coefficient (Wildman–Crippen LogP) is 3.22. The largest absolute Gasteiger partial charge is 0.235 e. The highest BCUT2D eigenvalue weighted by Crippen LogP contribution is 2.47. The predicted molar refractivity (Wildman–Crippen MR) is 70.7 cm³/mol. The van der Waals surface area contributed by atoms with Crippen LogP contribution in [0.3, 0.4) is 0 Å². The fourth-order valence-corrected chi connectivity index (χ4v) is 4.53. The lowest BCUT2D eigenvalue weighted by molar-refractivity contribution is 1.50. The Morgan fingerprint density at radius 3 is 2.15 bits per heavy atom. The Morgan fingerprint density at radius 1 is 1.23 bits per heavy atom. The van der Waals surface area contributed by atoms with Gasteiger partial charge in [-0.05, 0) is 36.4 Å². The van der Waals surface area contributed by atoms with E-state index >= 15 is 0 Å². The van der Waals surface area contributed by atoms with E-state index in [1.165, 1.54) is 18.5 Å². The van der Waals surface area contributed by atoms with Crippen molar-refractivity contribution >= 4 is 23.2 Å². The molecule has 0 nitrogen and oxygen atoms in total. The minimum atomic E-state index is -0.425. The van der Waals surface area contributed by atoms with Crippen molar-refractivity contribution in [2.24, 2.45) is 0 Å². The van der Waals surface area contributed by atoms with Crippen LogP contribution in [0.2, 0.25) is 20.5 Å². The maximum Gasteiger partial charge on any atom is 0.116 e. The maximum atomic E-state index is 2.59. The molecule has 0 aromatic heterocycles. The van der Waals surface area contributed by atoms with E-state index in [9.17, 15) is 0 Å². The van der Waals surface area contributed by atoms with Gasteiger partial charge >= 0.3 is 0 Å². The average molecular weight is 196 g/mol. The highest BCUT2D eigenvalue weighted by molar-refractivity contribution is 8.36. The third-order valence-corrected chi connectivity index (χ3v) is 5.21. The van der Waals surface area contributed by atoms with Gasteiger partial charge in [0.05, 0.1) is 0 Å². The van der Waals surface area contributed by atoms with Gasteiger partial charge in [-0.15, -0.1) is 0 Å². The van der Waals surface area contributed by atoms with Crippen LogP contribution >= 0.6 is 10.0 Å². The first-order valence-electron chi connectivity index (χ1n) is 5.31. The normalized spacial score (nSPS) is 16.8. The lowest BCUT2D eigenvalue weighted by Crippen LogP contribution is -2.32. The Balaban J connectivity index is 2.45. The molecule has 0 N–H and O–H groups in total. The SMILES string of the molecule is CB(C)B(C)CS(C)(C)C=C1CC1. The quantitative estimate of drug-likeness (QED) is 0.605. The Bertz CT molecular complexity index is 203. The first-order valence-corrected chi connectivity index (χ1v) is 7.99. The van der Waals surface area contributed by atoms with Gasteiger partial charge in [-0.1, -0.05) is 26.0 Å². The fraction of sp³-hybridized carbons (Fsp3) is 0.800. The summed E-state index contributed by atoms with van der Waals surface area (Å²) >= 11 is 0. The molecule has 0 unspecified atom stereocenters. The molecule has 1 saturated carbocycles. The van der Waals surface area contributed by atoms with Crippen molar-refractivity contribution < 1.29 is 0 Å². The van der Waals surface area contributed by atoms with Crippen LogP contribution in [0.5, 0.6) is 0 Å². The van der Waals surface area contributed by atoms with Crippen LogP contribution in [0.1, 0.15) is 12.8 Å². The van der Waals surface area contributed by atoms with Crippen molar-refractivity contribution in [1.82, 2.24) is 0 Å². The summed E-state index contributed by atoms with van der Waals surface area (Å²) in [4.78, 5) is 0. The number of rotatable bonds is 4. The monoisotopic (exact) mass is 196 g/mol. The molecule has 0 atom stereocenters. The van der Waals surface area contributed by atoms with Crippen LogP contribution in [0.25, 0.3) is 0 Å². The Morgan fingerprint density at radius 2 is 1.77 bits per heavy atom. The smallest absolute Gasteiger partial charge is 0.116 e. The van der Waals surface area contributed by atoms with Gasteiger partial charge in [0, 0.05) is 0 Å². The lowest BCUT2D eigenvalue weighted by atomic mass is 9.12. The highest BCUT2D eigenvalue weighted by Gasteiger charge is 2.22. The summed E-state index contributed by atoms with van der Waals surface area (Å²) in [6.07, 6.45) is 7.67. The van der Waals surface area contributed by atoms with Crippen molar-refractivity contribution in [1.29, 1.82) is 0 Å². The Kier molecular flexibility index (Phi) is 3.62. The summed E-state index contributed by atoms with van der Waals surface area (Å²) < 4.78 is 0. The molecule has 13 heavy (non-hydrogen) atoms. The molecule has 74 valence electrons. The van der Waals surface area contributed by atoms with Gasteiger partial charge in [-0.2, -0.15) is 0 Å². The summed E-state index contributed by atoms with van der Waals surface area (Å²) in [6, 6.07) is 0. The van der Waals surface area contributed by atoms with Crippen LogP contribution < -0.4 is 0 Å². The second kappa shape index (κ2) is 4.16. The molecule has 0 heterocycles. The van der Waals surface area contributed by atoms with E-state index in [1.54, 1.807) is 5.57 Å². The molecule has 0 saturated heterocycles. The van der Waals surface area contributed by atoms with Crippen molar-refractivity contribution in [3.8, 4) is 0 Å². The van der Waals surface area contributed by atoms with Crippen LogP contribution in [0.15, 0.2) is 11.0 Å². The highest BCUT2D eigenvalue weighted by atomic mass is 32.3. The summed E-state index contributed by atoms with van der Waals surface area (Å²) in [5.41, 5.74) is 3.13. The standard InChI is InChI=1S/C10H22B2S/c1-11(2)12(3)9-13(4,5)8-10-6-7-10/h8H,6-7,9H2,1-5H3. The summed E-state index contributed by atoms with van der Waals surface area (Å²) in [5.74, 6) is 0. The van der Waals surface area contributed by atoms with Crippen molar-refractivity contribution in [3.63, 3.8) is 0 Å². The summed E-state index contributed by atoms with van der Waals surface area (Å²) in [7, 11) is -0.425. The van der Waals surface area contributed by atoms with Gasteiger partial charge < -0.3 is 0 Å². The molecule has 0 bridgehead atoms. The van der Waals surface area contributed by atoms with Crippen molar-refractivity contribution in [2.75, 3.05) is 18.2 Å². The molecular weight excluding hydrogens is 174 g/mol. The summed E-state index contributed by atoms with van der Waals surface area (Å²) in [6.45, 7) is 8.78. The van der Waals surface area contributed by atoms with E-state index in [1.807, 2.05) is 0 Å². The molecule has 0 amide bonds. The second-order valence-corrected chi connectivity index (χ2v) is 9.10. The van der Waals surface area contributed by atoms with Gasteiger partial charge in [0.25, 0.3) is 0 Å². The van der Waals surface area contributed by atoms with E-state index in [-0.39, 0.29) is 0 Å². The van der Waals surface area contributed by atoms with Gasteiger partial charge in [0.2, 0.25) is 0 Å². The zero-order valence-corrected chi connectivity index (χ0v) is 10.6. The lowest BCUT2D eigenvalue weighted by Gasteiger charge is -2.30. The van der Waals surface area contributed by atoms with Crippen molar-refractivity contribution in [3.05, 3.63) is 11.0 Å². The first-order chi connectivity index (χ1) is 5.91. The molecule has 0 aliphatic heterocycles. The average Bonchev–Trinajstić information content (AvgIpc) is 2.69. The maximum absolute atomic E-state index is 2.59. The first kappa shape index (κ1) is 11.3. The van der Waals surface area contributed by atoms with E-state index in [0.717, 1.165) is 13.2 Å². The molecule has 1 fully saturated rings. The Labute approximate surface area is 86.0 Å². The fourth-order valence-electron chi connectivity index (χ4n) is 1.56. The van der Waals surface area contributed by atoms with Gasteiger partial charge in [-0.3, -0.25) is 0 Å². The van der Waals surface area contributed by atoms with E-state index in [0.29, 0.717) is 0 Å². The molecule has 0 spiro atoms. The number of allylic oxidation sites excluding steroid dienone is 1. The minimum absolute atomic E-state index is 0.425. The third-order valence-electron chi connectivity index (χ3n) is 2.85. The van der Waals surface area contributed by atoms with E-state index < -0.39 is 10.0 Å². The zero-order chi connectivity index (χ0) is 10.1.